The predicted octanol–water partition coefficient (Wildman–Crippen LogP) is 3.70. The van der Waals surface area contributed by atoms with Gasteiger partial charge in [-0.15, -0.1) is 0 Å². The van der Waals surface area contributed by atoms with Gasteiger partial charge in [0.1, 0.15) is 4.90 Å². The highest BCUT2D eigenvalue weighted by atomic mass is 32.1. The first-order valence-corrected chi connectivity index (χ1v) is 3.06. The van der Waals surface area contributed by atoms with Crippen molar-refractivity contribution >= 4 is 12.6 Å². The van der Waals surface area contributed by atoms with Crippen LogP contribution in [0.3, 0.4) is 0 Å². The third kappa shape index (κ3) is 4.63. The van der Waals surface area contributed by atoms with Gasteiger partial charge in [-0.25, -0.2) is 22.0 Å². The Morgan fingerprint density at radius 1 is 0.471 bits per heavy atom. The standard InChI is InChI=1S/C6F5S.5FH/c7-1-2(8)4(10)6(12)5(11)3(1)9;;;;;/h;5*1H. The van der Waals surface area contributed by atoms with E-state index in [-0.39, 0.29) is 23.5 Å². The van der Waals surface area contributed by atoms with E-state index < -0.39 is 34.0 Å². The monoisotopic (exact) mass is 299 g/mol. The Morgan fingerprint density at radius 3 is 0.882 bits per heavy atom. The maximum Gasteiger partial charge on any atom is 0.200 e. The normalized spacial score (nSPS) is 7.35. The Kier molecular flexibility index (Phi) is 17.3. The van der Waals surface area contributed by atoms with Crippen molar-refractivity contribution < 1.29 is 45.5 Å². The molecule has 0 atom stereocenters. The molecule has 1 aromatic rings. The second-order valence-corrected chi connectivity index (χ2v) is 2.31. The van der Waals surface area contributed by atoms with Gasteiger partial charge in [0.2, 0.25) is 5.82 Å². The summed E-state index contributed by atoms with van der Waals surface area (Å²) < 4.78 is 61.2. The van der Waals surface area contributed by atoms with E-state index in [1.807, 2.05) is 0 Å². The Bertz CT molecular complexity index is 235. The van der Waals surface area contributed by atoms with Crippen molar-refractivity contribution in [3.05, 3.63) is 29.1 Å². The third-order valence-electron chi connectivity index (χ3n) is 1.17. The molecule has 0 heterocycles. The number of rotatable bonds is 0. The summed E-state index contributed by atoms with van der Waals surface area (Å²) in [5.74, 6) is -10.2. The van der Waals surface area contributed by atoms with Gasteiger partial charge in [0.05, 0.1) is 0 Å². The lowest BCUT2D eigenvalue weighted by Crippen LogP contribution is -2.01. The molecule has 0 saturated carbocycles. The first kappa shape index (κ1) is 29.6. The molecule has 0 spiro atoms. The summed E-state index contributed by atoms with van der Waals surface area (Å²) in [5, 5.41) is 0. The topological polar surface area (TPSA) is 0 Å². The van der Waals surface area contributed by atoms with Crippen LogP contribution in [0, 0.1) is 29.1 Å². The summed E-state index contributed by atoms with van der Waals surface area (Å²) >= 11 is 3.93. The van der Waals surface area contributed by atoms with Gasteiger partial charge in [-0.3, -0.25) is 23.5 Å². The van der Waals surface area contributed by atoms with Crippen LogP contribution in [-0.2, 0) is 0 Å². The maximum absolute atomic E-state index is 12.3. The van der Waals surface area contributed by atoms with E-state index in [4.69, 9.17) is 0 Å². The Hall–Kier alpha value is -1.26. The van der Waals surface area contributed by atoms with Crippen LogP contribution in [0.5, 0.6) is 0 Å². The van der Waals surface area contributed by atoms with E-state index in [2.05, 4.69) is 12.6 Å². The average Bonchev–Trinajstić information content (AvgIpc) is 2.08. The van der Waals surface area contributed by atoms with E-state index in [1.54, 1.807) is 0 Å². The molecule has 1 aromatic carbocycles. The summed E-state index contributed by atoms with van der Waals surface area (Å²) in [5.41, 5.74) is 0. The van der Waals surface area contributed by atoms with Crippen molar-refractivity contribution in [3.63, 3.8) is 0 Å². The van der Waals surface area contributed by atoms with Crippen molar-refractivity contribution in [2.45, 2.75) is 4.90 Å². The lowest BCUT2D eigenvalue weighted by Gasteiger charge is -2.00. The van der Waals surface area contributed by atoms with Crippen molar-refractivity contribution in [3.8, 4) is 0 Å². The van der Waals surface area contributed by atoms with Crippen LogP contribution in [0.25, 0.3) is 0 Å². The molecule has 0 saturated heterocycles. The predicted molar refractivity (Wildman–Crippen MR) is 44.6 cm³/mol. The molecule has 0 aliphatic rings. The van der Waals surface area contributed by atoms with Crippen LogP contribution < -0.4 is 0 Å². The van der Waals surface area contributed by atoms with Crippen LogP contribution in [0.1, 0.15) is 0 Å². The van der Waals surface area contributed by atoms with Crippen molar-refractivity contribution in [1.29, 1.82) is 0 Å². The van der Waals surface area contributed by atoms with Crippen LogP contribution in [0.4, 0.5) is 45.5 Å². The molecule has 17 heavy (non-hydrogen) atoms. The Morgan fingerprint density at radius 2 is 0.647 bits per heavy atom. The van der Waals surface area contributed by atoms with E-state index >= 15 is 0 Å². The highest BCUT2D eigenvalue weighted by molar-refractivity contribution is 7.80. The van der Waals surface area contributed by atoms with Crippen molar-refractivity contribution in [2.24, 2.45) is 0 Å². The lowest BCUT2D eigenvalue weighted by molar-refractivity contribution is 0.361. The van der Waals surface area contributed by atoms with Gasteiger partial charge >= 0.3 is 0 Å². The summed E-state index contributed by atoms with van der Waals surface area (Å²) in [6.07, 6.45) is 0. The molecule has 1 radical (unpaired) electrons. The second-order valence-electron chi connectivity index (χ2n) is 1.90. The van der Waals surface area contributed by atoms with Crippen molar-refractivity contribution in [1.82, 2.24) is 0 Å². The largest absolute Gasteiger partial charge is 0.269 e. The number of halogens is 10. The molecule has 105 valence electrons. The molecule has 1 rings (SSSR count). The van der Waals surface area contributed by atoms with Crippen LogP contribution in [-0.4, -0.2) is 0 Å². The van der Waals surface area contributed by atoms with Gasteiger partial charge in [0.15, 0.2) is 23.3 Å². The first-order valence-electron chi connectivity index (χ1n) is 2.65. The smallest absolute Gasteiger partial charge is 0.200 e. The molecular formula is C6H5F10S. The number of hydrogen-bond acceptors (Lipinski definition) is 0. The molecule has 0 amide bonds. The zero-order chi connectivity index (χ0) is 9.46. The fraction of sp³-hybridized carbons (Fsp3) is 0. The Labute approximate surface area is 93.1 Å². The molecule has 0 N–H and O–H groups in total. The summed E-state index contributed by atoms with van der Waals surface area (Å²) in [6.45, 7) is 0. The molecule has 0 unspecified atom stereocenters. The lowest BCUT2D eigenvalue weighted by atomic mass is 10.3. The number of benzene rings is 1. The fourth-order valence-electron chi connectivity index (χ4n) is 0.585. The van der Waals surface area contributed by atoms with Crippen LogP contribution in [0.2, 0.25) is 0 Å². The van der Waals surface area contributed by atoms with Crippen LogP contribution in [0.15, 0.2) is 4.90 Å². The fourth-order valence-corrected chi connectivity index (χ4v) is 0.764. The highest BCUT2D eigenvalue weighted by Crippen LogP contribution is 2.24. The zero-order valence-electron chi connectivity index (χ0n) is 7.34. The minimum atomic E-state index is -2.20. The zero-order valence-corrected chi connectivity index (χ0v) is 8.16. The minimum absolute atomic E-state index is 0. The molecule has 0 fully saturated rings. The molecule has 0 aliphatic carbocycles. The average molecular weight is 299 g/mol. The maximum atomic E-state index is 12.3. The van der Waals surface area contributed by atoms with Gasteiger partial charge in [0.25, 0.3) is 0 Å². The second kappa shape index (κ2) is 9.93. The molecule has 0 aliphatic heterocycles. The minimum Gasteiger partial charge on any atom is -0.269 e. The molecule has 11 heteroatoms. The van der Waals surface area contributed by atoms with E-state index in [1.165, 1.54) is 0 Å². The highest BCUT2D eigenvalue weighted by Gasteiger charge is 2.24. The van der Waals surface area contributed by atoms with Gasteiger partial charge in [-0.1, -0.05) is 12.6 Å². The molecule has 0 bridgehead atoms. The van der Waals surface area contributed by atoms with E-state index in [0.29, 0.717) is 0 Å². The molecule has 0 nitrogen and oxygen atoms in total. The summed E-state index contributed by atoms with van der Waals surface area (Å²) in [7, 11) is 0. The number of hydrogen-bond donors (Lipinski definition) is 0. The first-order chi connectivity index (χ1) is 5.46. The van der Waals surface area contributed by atoms with E-state index in [0.717, 1.165) is 0 Å². The van der Waals surface area contributed by atoms with Gasteiger partial charge in [0, 0.05) is 0 Å². The Balaban J connectivity index is -0.0000000960. The summed E-state index contributed by atoms with van der Waals surface area (Å²) in [6, 6.07) is 0. The van der Waals surface area contributed by atoms with Crippen LogP contribution >= 0.6 is 12.6 Å². The molecule has 0 aromatic heterocycles. The van der Waals surface area contributed by atoms with Gasteiger partial charge < -0.3 is 0 Å². The van der Waals surface area contributed by atoms with Gasteiger partial charge in [-0.05, 0) is 0 Å². The van der Waals surface area contributed by atoms with E-state index in [9.17, 15) is 22.0 Å². The van der Waals surface area contributed by atoms with Gasteiger partial charge in [-0.2, -0.15) is 0 Å². The quantitative estimate of drug-likeness (QED) is 0.389. The summed E-state index contributed by atoms with van der Waals surface area (Å²) in [4.78, 5) is -1.29. The molecular weight excluding hydrogens is 294 g/mol. The SMILES string of the molecule is F.F.F.F.F.Fc1c(F)c(F)c([S])c(F)c1F. The van der Waals surface area contributed by atoms with Crippen molar-refractivity contribution in [2.75, 3.05) is 0 Å². The third-order valence-corrected chi connectivity index (χ3v) is 1.53.